The second kappa shape index (κ2) is 7.26. The molecule has 1 aliphatic rings. The maximum absolute atomic E-state index is 12.9. The van der Waals surface area contributed by atoms with E-state index >= 15 is 0 Å². The fraction of sp³-hybridized carbons (Fsp3) is 0.529. The number of nitrogens with zero attached hydrogens (tertiary/aromatic N) is 2. The van der Waals surface area contributed by atoms with Gasteiger partial charge in [-0.2, -0.15) is 0 Å². The molecule has 2 amide bonds. The van der Waals surface area contributed by atoms with E-state index in [9.17, 15) is 18.0 Å². The molecule has 1 aliphatic heterocycles. The fourth-order valence-corrected chi connectivity index (χ4v) is 5.14. The highest BCUT2D eigenvalue weighted by molar-refractivity contribution is 7.91. The van der Waals surface area contributed by atoms with Gasteiger partial charge in [0.1, 0.15) is 0 Å². The van der Waals surface area contributed by atoms with Gasteiger partial charge in [-0.05, 0) is 26.3 Å². The Morgan fingerprint density at radius 1 is 1.22 bits per heavy atom. The molecule has 3 heterocycles. The van der Waals surface area contributed by atoms with E-state index in [1.54, 1.807) is 19.9 Å². The van der Waals surface area contributed by atoms with Crippen molar-refractivity contribution in [2.45, 2.75) is 45.7 Å². The number of pyridine rings is 1. The van der Waals surface area contributed by atoms with Crippen LogP contribution in [-0.2, 0) is 14.6 Å². The number of rotatable bonds is 5. The van der Waals surface area contributed by atoms with Gasteiger partial charge in [0.05, 0.1) is 40.2 Å². The molecule has 0 bridgehead atoms. The van der Waals surface area contributed by atoms with Crippen LogP contribution in [0.2, 0.25) is 0 Å². The van der Waals surface area contributed by atoms with Gasteiger partial charge in [-0.3, -0.25) is 9.59 Å². The standard InChI is InChI=1S/C17H22N4O5S/c1-4-5-14(22)19-12-7-27(24,25)8-13(12)20-16(23)11-6-9(2)18-17-15(11)10(3)21-26-17/h6,12-13H,4-5,7-8H2,1-3H3,(H,19,22)(H,20,23)/t12-,13+/m0/s1. The molecule has 2 N–H and O–H groups in total. The first-order chi connectivity index (χ1) is 12.7. The number of aryl methyl sites for hydroxylation is 2. The summed E-state index contributed by atoms with van der Waals surface area (Å²) in [4.78, 5) is 29.0. The number of fused-ring (bicyclic) bond motifs is 1. The Balaban J connectivity index is 1.86. The predicted octanol–water partition coefficient (Wildman–Crippen LogP) is 0.651. The van der Waals surface area contributed by atoms with E-state index < -0.39 is 27.8 Å². The first kappa shape index (κ1) is 19.3. The Morgan fingerprint density at radius 2 is 1.89 bits per heavy atom. The van der Waals surface area contributed by atoms with Gasteiger partial charge >= 0.3 is 0 Å². The number of nitrogens with one attached hydrogen (secondary N) is 2. The second-order valence-corrected chi connectivity index (χ2v) is 8.99. The molecule has 146 valence electrons. The minimum absolute atomic E-state index is 0.190. The molecule has 27 heavy (non-hydrogen) atoms. The lowest BCUT2D eigenvalue weighted by atomic mass is 10.1. The molecule has 0 spiro atoms. The molecule has 3 rings (SSSR count). The lowest BCUT2D eigenvalue weighted by Crippen LogP contribution is -2.51. The lowest BCUT2D eigenvalue weighted by molar-refractivity contribution is -0.121. The van der Waals surface area contributed by atoms with Gasteiger partial charge in [-0.1, -0.05) is 12.1 Å². The summed E-state index contributed by atoms with van der Waals surface area (Å²) in [5.74, 6) is -1.08. The topological polar surface area (TPSA) is 131 Å². The molecular weight excluding hydrogens is 372 g/mol. The third-order valence-corrected chi connectivity index (χ3v) is 6.22. The Bertz CT molecular complexity index is 998. The van der Waals surface area contributed by atoms with Crippen LogP contribution in [0.1, 0.15) is 41.5 Å². The summed E-state index contributed by atoms with van der Waals surface area (Å²) in [5, 5.41) is 9.81. The van der Waals surface area contributed by atoms with Crippen molar-refractivity contribution in [2.75, 3.05) is 11.5 Å². The predicted molar refractivity (Wildman–Crippen MR) is 98.0 cm³/mol. The summed E-state index contributed by atoms with van der Waals surface area (Å²) < 4.78 is 29.2. The van der Waals surface area contributed by atoms with Crippen molar-refractivity contribution >= 4 is 32.8 Å². The zero-order valence-electron chi connectivity index (χ0n) is 15.4. The molecule has 0 saturated carbocycles. The van der Waals surface area contributed by atoms with E-state index in [-0.39, 0.29) is 23.1 Å². The number of amides is 2. The van der Waals surface area contributed by atoms with E-state index in [1.165, 1.54) is 0 Å². The molecule has 9 nitrogen and oxygen atoms in total. The minimum Gasteiger partial charge on any atom is -0.350 e. The third-order valence-electron chi connectivity index (χ3n) is 4.48. The Morgan fingerprint density at radius 3 is 2.56 bits per heavy atom. The van der Waals surface area contributed by atoms with Crippen molar-refractivity contribution in [2.24, 2.45) is 0 Å². The average molecular weight is 394 g/mol. The van der Waals surface area contributed by atoms with Crippen LogP contribution in [0.5, 0.6) is 0 Å². The quantitative estimate of drug-likeness (QED) is 0.761. The highest BCUT2D eigenvalue weighted by Crippen LogP contribution is 2.22. The zero-order valence-corrected chi connectivity index (χ0v) is 16.2. The lowest BCUT2D eigenvalue weighted by Gasteiger charge is -2.21. The van der Waals surface area contributed by atoms with E-state index in [0.29, 0.717) is 35.2 Å². The molecule has 10 heteroatoms. The molecule has 1 fully saturated rings. The molecule has 0 aromatic carbocycles. The molecule has 0 unspecified atom stereocenters. The van der Waals surface area contributed by atoms with Gasteiger partial charge in [0, 0.05) is 12.1 Å². The molecule has 2 aromatic rings. The smallest absolute Gasteiger partial charge is 0.258 e. The summed E-state index contributed by atoms with van der Waals surface area (Å²) in [6.45, 7) is 5.29. The van der Waals surface area contributed by atoms with Gasteiger partial charge in [0.2, 0.25) is 5.91 Å². The van der Waals surface area contributed by atoms with Crippen LogP contribution in [0.3, 0.4) is 0 Å². The maximum Gasteiger partial charge on any atom is 0.258 e. The fourth-order valence-electron chi connectivity index (χ4n) is 3.28. The van der Waals surface area contributed by atoms with Gasteiger partial charge in [-0.15, -0.1) is 0 Å². The average Bonchev–Trinajstić information content (AvgIpc) is 3.06. The van der Waals surface area contributed by atoms with Gasteiger partial charge < -0.3 is 15.2 Å². The Kier molecular flexibility index (Phi) is 5.18. The number of hydrogen-bond donors (Lipinski definition) is 2. The van der Waals surface area contributed by atoms with Crippen molar-refractivity contribution in [1.82, 2.24) is 20.8 Å². The van der Waals surface area contributed by atoms with Crippen LogP contribution < -0.4 is 10.6 Å². The normalized spacial score (nSPS) is 21.3. The number of aromatic nitrogens is 2. The number of carbonyl (C=O) groups excluding carboxylic acids is 2. The highest BCUT2D eigenvalue weighted by Gasteiger charge is 2.39. The summed E-state index contributed by atoms with van der Waals surface area (Å²) >= 11 is 0. The summed E-state index contributed by atoms with van der Waals surface area (Å²) in [6, 6.07) is 0.252. The van der Waals surface area contributed by atoms with Crippen molar-refractivity contribution in [3.8, 4) is 0 Å². The van der Waals surface area contributed by atoms with E-state index in [2.05, 4.69) is 20.8 Å². The largest absolute Gasteiger partial charge is 0.350 e. The van der Waals surface area contributed by atoms with Gasteiger partial charge in [0.15, 0.2) is 9.84 Å². The van der Waals surface area contributed by atoms with Crippen LogP contribution >= 0.6 is 0 Å². The van der Waals surface area contributed by atoms with Crippen LogP contribution in [0.15, 0.2) is 10.6 Å². The Hall–Kier alpha value is -2.49. The number of sulfone groups is 1. The van der Waals surface area contributed by atoms with Crippen LogP contribution in [-0.4, -0.2) is 54.0 Å². The summed E-state index contributed by atoms with van der Waals surface area (Å²) in [6.07, 6.45) is 0.963. The third kappa shape index (κ3) is 4.10. The summed E-state index contributed by atoms with van der Waals surface area (Å²) in [7, 11) is -3.35. The molecule has 0 aliphatic carbocycles. The van der Waals surface area contributed by atoms with Gasteiger partial charge in [-0.25, -0.2) is 13.4 Å². The van der Waals surface area contributed by atoms with Crippen molar-refractivity contribution in [3.05, 3.63) is 23.0 Å². The van der Waals surface area contributed by atoms with Crippen LogP contribution in [0, 0.1) is 13.8 Å². The number of hydrogen-bond acceptors (Lipinski definition) is 7. The van der Waals surface area contributed by atoms with Crippen LogP contribution in [0.4, 0.5) is 0 Å². The molecule has 1 saturated heterocycles. The zero-order chi connectivity index (χ0) is 19.8. The highest BCUT2D eigenvalue weighted by atomic mass is 32.2. The molecular formula is C17H22N4O5S. The summed E-state index contributed by atoms with van der Waals surface area (Å²) in [5.41, 5.74) is 1.67. The minimum atomic E-state index is -3.35. The van der Waals surface area contributed by atoms with E-state index in [0.717, 1.165) is 0 Å². The Labute approximate surface area is 156 Å². The molecule has 2 atom stereocenters. The van der Waals surface area contributed by atoms with Gasteiger partial charge in [0.25, 0.3) is 11.6 Å². The number of carbonyl (C=O) groups is 2. The molecule has 2 aromatic heterocycles. The van der Waals surface area contributed by atoms with E-state index in [1.807, 2.05) is 6.92 Å². The van der Waals surface area contributed by atoms with Crippen LogP contribution in [0.25, 0.3) is 11.1 Å². The van der Waals surface area contributed by atoms with Crippen molar-refractivity contribution in [3.63, 3.8) is 0 Å². The second-order valence-electron chi connectivity index (χ2n) is 6.84. The maximum atomic E-state index is 12.9. The van der Waals surface area contributed by atoms with Crippen molar-refractivity contribution < 1.29 is 22.5 Å². The first-order valence-corrected chi connectivity index (χ1v) is 10.6. The first-order valence-electron chi connectivity index (χ1n) is 8.74. The van der Waals surface area contributed by atoms with E-state index in [4.69, 9.17) is 4.52 Å². The molecule has 0 radical (unpaired) electrons. The SMILES string of the molecule is CCCC(=O)N[C@H]1CS(=O)(=O)C[C@H]1NC(=O)c1cc(C)nc2onc(C)c12. The van der Waals surface area contributed by atoms with Crippen molar-refractivity contribution in [1.29, 1.82) is 0 Å². The monoisotopic (exact) mass is 394 g/mol.